The van der Waals surface area contributed by atoms with E-state index in [2.05, 4.69) is 17.0 Å². The lowest BCUT2D eigenvalue weighted by Crippen LogP contribution is -2.55. The molecule has 35 heavy (non-hydrogen) atoms. The van der Waals surface area contributed by atoms with E-state index < -0.39 is 5.41 Å². The van der Waals surface area contributed by atoms with Crippen molar-refractivity contribution < 1.29 is 14.4 Å². The number of carbonyl (C=O) groups is 3. The predicted molar refractivity (Wildman–Crippen MR) is 137 cm³/mol. The molecule has 2 aliphatic heterocycles. The van der Waals surface area contributed by atoms with Gasteiger partial charge in [-0.3, -0.25) is 19.3 Å². The van der Waals surface area contributed by atoms with E-state index in [4.69, 9.17) is 11.6 Å². The van der Waals surface area contributed by atoms with Crippen molar-refractivity contribution in [1.29, 1.82) is 0 Å². The Balaban J connectivity index is 1.58. The maximum atomic E-state index is 13.8. The maximum absolute atomic E-state index is 13.8. The molecule has 0 saturated carbocycles. The van der Waals surface area contributed by atoms with Crippen LogP contribution >= 0.6 is 11.6 Å². The molecule has 3 amide bonds. The minimum Gasteiger partial charge on any atom is -0.368 e. The number of rotatable bonds is 7. The molecule has 0 aromatic heterocycles. The molecule has 2 aliphatic rings. The van der Waals surface area contributed by atoms with Crippen LogP contribution in [0.3, 0.4) is 0 Å². The van der Waals surface area contributed by atoms with Gasteiger partial charge >= 0.3 is 0 Å². The number of para-hydroxylation sites is 1. The summed E-state index contributed by atoms with van der Waals surface area (Å²) in [6.45, 7) is 4.84. The van der Waals surface area contributed by atoms with Crippen molar-refractivity contribution in [2.45, 2.75) is 31.2 Å². The monoisotopic (exact) mass is 496 g/mol. The fraction of sp³-hybridized carbons (Fsp3) is 0.444. The zero-order valence-electron chi connectivity index (χ0n) is 20.6. The summed E-state index contributed by atoms with van der Waals surface area (Å²) in [5.74, 6) is -0.714. The summed E-state index contributed by atoms with van der Waals surface area (Å²) in [5.41, 5.74) is 0.401. The maximum Gasteiger partial charge on any atom is 0.240 e. The quantitative estimate of drug-likeness (QED) is 0.551. The first-order valence-electron chi connectivity index (χ1n) is 12.1. The van der Waals surface area contributed by atoms with Gasteiger partial charge in [0.1, 0.15) is 0 Å². The first-order valence-corrected chi connectivity index (χ1v) is 12.4. The van der Waals surface area contributed by atoms with E-state index in [1.54, 1.807) is 24.3 Å². The number of piperazine rings is 1. The van der Waals surface area contributed by atoms with Crippen molar-refractivity contribution in [2.75, 3.05) is 51.7 Å². The van der Waals surface area contributed by atoms with Crippen LogP contribution in [0, 0.1) is 0 Å². The molecule has 2 saturated heterocycles. The van der Waals surface area contributed by atoms with Crippen molar-refractivity contribution in [1.82, 2.24) is 14.7 Å². The van der Waals surface area contributed by atoms with Crippen LogP contribution in [0.25, 0.3) is 0 Å². The second kappa shape index (κ2) is 10.4. The molecule has 8 heteroatoms. The highest BCUT2D eigenvalue weighted by atomic mass is 35.5. The third-order valence-corrected chi connectivity index (χ3v) is 7.42. The first-order chi connectivity index (χ1) is 16.7. The van der Waals surface area contributed by atoms with Gasteiger partial charge in [0.15, 0.2) is 0 Å². The highest BCUT2D eigenvalue weighted by molar-refractivity contribution is 6.32. The van der Waals surface area contributed by atoms with Crippen LogP contribution in [0.1, 0.15) is 25.3 Å². The molecule has 0 aliphatic carbocycles. The molecular formula is C27H33ClN4O3. The van der Waals surface area contributed by atoms with E-state index in [1.807, 2.05) is 49.0 Å². The molecule has 2 aromatic carbocycles. The Morgan fingerprint density at radius 1 is 1.06 bits per heavy atom. The molecule has 7 nitrogen and oxygen atoms in total. The van der Waals surface area contributed by atoms with Crippen molar-refractivity contribution in [3.8, 4) is 0 Å². The predicted octanol–water partition coefficient (Wildman–Crippen LogP) is 3.03. The Hall–Kier alpha value is -2.90. The first kappa shape index (κ1) is 25.2. The van der Waals surface area contributed by atoms with Gasteiger partial charge in [0.2, 0.25) is 17.7 Å². The van der Waals surface area contributed by atoms with Crippen LogP contribution in [0.5, 0.6) is 0 Å². The molecule has 2 aromatic rings. The minimum atomic E-state index is -1.28. The van der Waals surface area contributed by atoms with Gasteiger partial charge in [-0.25, -0.2) is 0 Å². The molecule has 2 fully saturated rings. The van der Waals surface area contributed by atoms with E-state index >= 15 is 0 Å². The summed E-state index contributed by atoms with van der Waals surface area (Å²) in [6.07, 6.45) is -0.122. The smallest absolute Gasteiger partial charge is 0.240 e. The van der Waals surface area contributed by atoms with Gasteiger partial charge in [-0.2, -0.15) is 0 Å². The molecule has 0 radical (unpaired) electrons. The van der Waals surface area contributed by atoms with Gasteiger partial charge in [-0.05, 0) is 44.8 Å². The Morgan fingerprint density at radius 2 is 1.74 bits per heavy atom. The lowest BCUT2D eigenvalue weighted by Gasteiger charge is -2.42. The Kier molecular flexibility index (Phi) is 7.47. The molecule has 0 N–H and O–H groups in total. The summed E-state index contributed by atoms with van der Waals surface area (Å²) < 4.78 is 0. The molecule has 4 rings (SSSR count). The number of likely N-dealkylation sites (N-methyl/N-ethyl adjacent to an activating group) is 1. The minimum absolute atomic E-state index is 0.0307. The molecule has 0 unspecified atom stereocenters. The number of nitrogens with zero attached hydrogens (tertiary/aromatic N) is 4. The van der Waals surface area contributed by atoms with Gasteiger partial charge in [0.05, 0.1) is 5.41 Å². The van der Waals surface area contributed by atoms with Crippen molar-refractivity contribution in [3.63, 3.8) is 0 Å². The third-order valence-electron chi connectivity index (χ3n) is 7.09. The molecular weight excluding hydrogens is 464 g/mol. The summed E-state index contributed by atoms with van der Waals surface area (Å²) >= 11 is 6.55. The average molecular weight is 497 g/mol. The van der Waals surface area contributed by atoms with Gasteiger partial charge < -0.3 is 14.7 Å². The number of hydrogen-bond donors (Lipinski definition) is 0. The highest BCUT2D eigenvalue weighted by Crippen LogP contribution is 2.43. The molecule has 2 atom stereocenters. The van der Waals surface area contributed by atoms with E-state index in [1.165, 1.54) is 4.90 Å². The fourth-order valence-electron chi connectivity index (χ4n) is 5.18. The van der Waals surface area contributed by atoms with Crippen molar-refractivity contribution in [3.05, 3.63) is 65.2 Å². The number of hydrogen-bond acceptors (Lipinski definition) is 5. The number of imide groups is 1. The summed E-state index contributed by atoms with van der Waals surface area (Å²) in [7, 11) is 3.79. The Bertz CT molecular complexity index is 1090. The third kappa shape index (κ3) is 5.07. The van der Waals surface area contributed by atoms with Crippen LogP contribution in [0.2, 0.25) is 5.02 Å². The summed E-state index contributed by atoms with van der Waals surface area (Å²) in [4.78, 5) is 47.9. The number of benzene rings is 2. The van der Waals surface area contributed by atoms with Gasteiger partial charge in [0.25, 0.3) is 0 Å². The van der Waals surface area contributed by atoms with E-state index in [9.17, 15) is 14.4 Å². The second-order valence-corrected chi connectivity index (χ2v) is 10.2. The van der Waals surface area contributed by atoms with E-state index in [0.717, 1.165) is 5.69 Å². The topological polar surface area (TPSA) is 64.2 Å². The van der Waals surface area contributed by atoms with Crippen molar-refractivity contribution >= 4 is 35.0 Å². The standard InChI is InChI=1S/C27H33ClN4O3/c1-20-19-30(21-9-5-4-6-10-21)14-16-31(20)24(33)17-27(22-11-7-8-12-23(22)28)18-25(34)32(26(27)35)15-13-29(2)3/h4-12,20H,13-19H2,1-3H3/t20-,27+/m0/s1. The zero-order chi connectivity index (χ0) is 25.2. The molecule has 2 heterocycles. The Labute approximate surface area is 212 Å². The van der Waals surface area contributed by atoms with Crippen LogP contribution in [0.15, 0.2) is 54.6 Å². The second-order valence-electron chi connectivity index (χ2n) is 9.79. The average Bonchev–Trinajstić information content (AvgIpc) is 3.07. The number of anilines is 1. The van der Waals surface area contributed by atoms with Crippen molar-refractivity contribution in [2.24, 2.45) is 0 Å². The number of carbonyl (C=O) groups excluding carboxylic acids is 3. The molecule has 0 bridgehead atoms. The van der Waals surface area contributed by atoms with Gasteiger partial charge in [0, 0.05) is 62.3 Å². The summed E-state index contributed by atoms with van der Waals surface area (Å²) in [5, 5.41) is 0.401. The highest BCUT2D eigenvalue weighted by Gasteiger charge is 2.55. The van der Waals surface area contributed by atoms with Crippen LogP contribution < -0.4 is 4.90 Å². The number of likely N-dealkylation sites (tertiary alicyclic amines) is 1. The number of amides is 3. The van der Waals surface area contributed by atoms with Gasteiger partial charge in [-0.15, -0.1) is 0 Å². The lowest BCUT2D eigenvalue weighted by atomic mass is 9.75. The normalized spacial score (nSPS) is 22.9. The molecule has 0 spiro atoms. The van der Waals surface area contributed by atoms with Crippen LogP contribution in [-0.4, -0.2) is 85.3 Å². The lowest BCUT2D eigenvalue weighted by molar-refractivity contribution is -0.143. The van der Waals surface area contributed by atoms with Gasteiger partial charge in [-0.1, -0.05) is 48.0 Å². The number of halogens is 1. The molecule has 186 valence electrons. The fourth-order valence-corrected chi connectivity index (χ4v) is 5.50. The van der Waals surface area contributed by atoms with Crippen LogP contribution in [0.4, 0.5) is 5.69 Å². The SMILES string of the molecule is C[C@H]1CN(c2ccccc2)CCN1C(=O)C[C@]1(c2ccccc2Cl)CC(=O)N(CCN(C)C)C1=O. The van der Waals surface area contributed by atoms with E-state index in [0.29, 0.717) is 36.8 Å². The Morgan fingerprint density at radius 3 is 2.40 bits per heavy atom. The summed E-state index contributed by atoms with van der Waals surface area (Å²) in [6, 6.07) is 17.2. The largest absolute Gasteiger partial charge is 0.368 e. The van der Waals surface area contributed by atoms with Crippen LogP contribution in [-0.2, 0) is 19.8 Å². The van der Waals surface area contributed by atoms with E-state index in [-0.39, 0.29) is 43.1 Å². The zero-order valence-corrected chi connectivity index (χ0v) is 21.4.